The van der Waals surface area contributed by atoms with Crippen LogP contribution in [0.2, 0.25) is 0 Å². The second kappa shape index (κ2) is 6.98. The molecule has 21 heavy (non-hydrogen) atoms. The summed E-state index contributed by atoms with van der Waals surface area (Å²) in [5, 5.41) is 11.6. The highest BCUT2D eigenvalue weighted by Crippen LogP contribution is 2.44. The number of aliphatic carboxylic acids is 1. The van der Waals surface area contributed by atoms with Gasteiger partial charge in [0.1, 0.15) is 0 Å². The van der Waals surface area contributed by atoms with Gasteiger partial charge in [-0.1, -0.05) is 25.5 Å². The number of rotatable bonds is 7. The molecule has 1 amide bonds. The maximum atomic E-state index is 12.4. The third-order valence-corrected chi connectivity index (χ3v) is 5.14. The average Bonchev–Trinajstić information content (AvgIpc) is 2.38. The van der Waals surface area contributed by atoms with E-state index in [9.17, 15) is 9.59 Å². The Labute approximate surface area is 129 Å². The molecule has 1 aliphatic carbocycles. The number of benzene rings is 1. The molecule has 114 valence electrons. The normalized spacial score (nSPS) is 16.0. The molecule has 5 heteroatoms. The van der Waals surface area contributed by atoms with Gasteiger partial charge in [-0.3, -0.25) is 9.59 Å². The number of hydrogen-bond acceptors (Lipinski definition) is 3. The van der Waals surface area contributed by atoms with E-state index in [-0.39, 0.29) is 17.1 Å². The highest BCUT2D eigenvalue weighted by molar-refractivity contribution is 7.99. The molecule has 0 bridgehead atoms. The summed E-state index contributed by atoms with van der Waals surface area (Å²) in [6, 6.07) is 7.65. The van der Waals surface area contributed by atoms with Gasteiger partial charge < -0.3 is 10.4 Å². The first-order valence-electron chi connectivity index (χ1n) is 7.26. The minimum Gasteiger partial charge on any atom is -0.481 e. The number of hydrogen-bond donors (Lipinski definition) is 2. The Morgan fingerprint density at radius 3 is 2.71 bits per heavy atom. The molecule has 0 saturated heterocycles. The molecule has 1 aromatic carbocycles. The molecule has 1 aromatic rings. The number of carboxylic acid groups (broad SMARTS) is 1. The molecule has 0 aliphatic heterocycles. The fourth-order valence-electron chi connectivity index (χ4n) is 2.60. The standard InChI is InChI=1S/C16H21NO3S/c1-2-16(7-4-8-16)15(20)17-13-6-3-5-12(9-13)10-21-11-14(18)19/h3,5-6,9H,2,4,7-8,10-11H2,1H3,(H,17,20)(H,18,19). The maximum absolute atomic E-state index is 12.4. The topological polar surface area (TPSA) is 66.4 Å². The lowest BCUT2D eigenvalue weighted by Gasteiger charge is -2.39. The van der Waals surface area contributed by atoms with E-state index in [1.165, 1.54) is 11.8 Å². The summed E-state index contributed by atoms with van der Waals surface area (Å²) in [5.74, 6) is 0.0377. The van der Waals surface area contributed by atoms with Crippen LogP contribution in [0.5, 0.6) is 0 Å². The minimum atomic E-state index is -0.806. The van der Waals surface area contributed by atoms with Crippen LogP contribution < -0.4 is 5.32 Å². The number of amides is 1. The quantitative estimate of drug-likeness (QED) is 0.809. The lowest BCUT2D eigenvalue weighted by atomic mass is 9.66. The Balaban J connectivity index is 1.94. The van der Waals surface area contributed by atoms with Gasteiger partial charge in [0.05, 0.1) is 5.75 Å². The van der Waals surface area contributed by atoms with Gasteiger partial charge >= 0.3 is 5.97 Å². The summed E-state index contributed by atoms with van der Waals surface area (Å²) in [5.41, 5.74) is 1.65. The predicted molar refractivity (Wildman–Crippen MR) is 85.4 cm³/mol. The van der Waals surface area contributed by atoms with Crippen LogP contribution in [0.1, 0.15) is 38.2 Å². The van der Waals surface area contributed by atoms with E-state index in [2.05, 4.69) is 12.2 Å². The fraction of sp³-hybridized carbons (Fsp3) is 0.500. The van der Waals surface area contributed by atoms with Crippen LogP contribution >= 0.6 is 11.8 Å². The van der Waals surface area contributed by atoms with Gasteiger partial charge in [-0.05, 0) is 37.0 Å². The van der Waals surface area contributed by atoms with Crippen LogP contribution in [0.15, 0.2) is 24.3 Å². The SMILES string of the molecule is CCC1(C(=O)Nc2cccc(CSCC(=O)O)c2)CCC1. The van der Waals surface area contributed by atoms with Gasteiger partial charge in [-0.25, -0.2) is 0 Å². The second-order valence-corrected chi connectivity index (χ2v) is 6.51. The maximum Gasteiger partial charge on any atom is 0.313 e. The molecule has 0 radical (unpaired) electrons. The van der Waals surface area contributed by atoms with Crippen molar-refractivity contribution in [2.45, 2.75) is 38.4 Å². The molecule has 1 fully saturated rings. The van der Waals surface area contributed by atoms with Crippen LogP contribution in [0.25, 0.3) is 0 Å². The number of thioether (sulfide) groups is 1. The summed E-state index contributed by atoms with van der Waals surface area (Å²) in [6.45, 7) is 2.07. The van der Waals surface area contributed by atoms with Crippen molar-refractivity contribution in [1.82, 2.24) is 0 Å². The molecule has 1 aliphatic rings. The number of nitrogens with one attached hydrogen (secondary N) is 1. The van der Waals surface area contributed by atoms with Crippen LogP contribution in [-0.4, -0.2) is 22.7 Å². The van der Waals surface area contributed by atoms with E-state index in [0.717, 1.165) is 36.9 Å². The lowest BCUT2D eigenvalue weighted by Crippen LogP contribution is -2.41. The van der Waals surface area contributed by atoms with Crippen molar-refractivity contribution in [3.05, 3.63) is 29.8 Å². The van der Waals surface area contributed by atoms with Crippen molar-refractivity contribution in [2.24, 2.45) is 5.41 Å². The zero-order valence-electron chi connectivity index (χ0n) is 12.2. The average molecular weight is 307 g/mol. The minimum absolute atomic E-state index is 0.0928. The van der Waals surface area contributed by atoms with E-state index >= 15 is 0 Å². The molecule has 0 atom stereocenters. The van der Waals surface area contributed by atoms with Gasteiger partial charge in [-0.2, -0.15) is 0 Å². The first-order chi connectivity index (χ1) is 10.1. The Morgan fingerprint density at radius 1 is 1.38 bits per heavy atom. The van der Waals surface area contributed by atoms with Crippen molar-refractivity contribution in [3.8, 4) is 0 Å². The Kier molecular flexibility index (Phi) is 5.28. The molecule has 2 rings (SSSR count). The van der Waals surface area contributed by atoms with E-state index in [4.69, 9.17) is 5.11 Å². The highest BCUT2D eigenvalue weighted by atomic mass is 32.2. The van der Waals surface area contributed by atoms with Gasteiger partial charge in [0, 0.05) is 16.9 Å². The largest absolute Gasteiger partial charge is 0.481 e. The molecule has 0 heterocycles. The summed E-state index contributed by atoms with van der Waals surface area (Å²) in [6.07, 6.45) is 3.97. The molecule has 0 unspecified atom stereocenters. The molecule has 1 saturated carbocycles. The summed E-state index contributed by atoms with van der Waals surface area (Å²) in [4.78, 5) is 22.9. The highest BCUT2D eigenvalue weighted by Gasteiger charge is 2.42. The first kappa shape index (κ1) is 15.9. The Hall–Kier alpha value is -1.49. The van der Waals surface area contributed by atoms with Gasteiger partial charge in [0.2, 0.25) is 5.91 Å². The third-order valence-electron chi connectivity index (χ3n) is 4.15. The number of carboxylic acids is 1. The first-order valence-corrected chi connectivity index (χ1v) is 8.41. The number of carbonyl (C=O) groups is 2. The fourth-order valence-corrected chi connectivity index (χ4v) is 3.30. The van der Waals surface area contributed by atoms with Gasteiger partial charge in [-0.15, -0.1) is 11.8 Å². The predicted octanol–water partition coefficient (Wildman–Crippen LogP) is 3.52. The summed E-state index contributed by atoms with van der Waals surface area (Å²) in [7, 11) is 0. The van der Waals surface area contributed by atoms with Crippen molar-refractivity contribution in [3.63, 3.8) is 0 Å². The molecular formula is C16H21NO3S. The zero-order chi connectivity index (χ0) is 15.3. The lowest BCUT2D eigenvalue weighted by molar-refractivity contribution is -0.134. The molecular weight excluding hydrogens is 286 g/mol. The van der Waals surface area contributed by atoms with Crippen LogP contribution in [-0.2, 0) is 15.3 Å². The van der Waals surface area contributed by atoms with Crippen LogP contribution in [0.4, 0.5) is 5.69 Å². The molecule has 2 N–H and O–H groups in total. The second-order valence-electron chi connectivity index (χ2n) is 5.53. The molecule has 0 aromatic heterocycles. The van der Waals surface area contributed by atoms with E-state index in [0.29, 0.717) is 5.75 Å². The van der Waals surface area contributed by atoms with Gasteiger partial charge in [0.25, 0.3) is 0 Å². The van der Waals surface area contributed by atoms with Gasteiger partial charge in [0.15, 0.2) is 0 Å². The Bertz CT molecular complexity index is 520. The van der Waals surface area contributed by atoms with Crippen LogP contribution in [0.3, 0.4) is 0 Å². The van der Waals surface area contributed by atoms with E-state index < -0.39 is 5.97 Å². The number of carbonyl (C=O) groups excluding carboxylic acids is 1. The zero-order valence-corrected chi connectivity index (χ0v) is 13.0. The Morgan fingerprint density at radius 2 is 2.14 bits per heavy atom. The van der Waals surface area contributed by atoms with Crippen molar-refractivity contribution < 1.29 is 14.7 Å². The van der Waals surface area contributed by atoms with Crippen molar-refractivity contribution in [1.29, 1.82) is 0 Å². The third kappa shape index (κ3) is 4.00. The van der Waals surface area contributed by atoms with Crippen LogP contribution in [0, 0.1) is 5.41 Å². The van der Waals surface area contributed by atoms with Crippen molar-refractivity contribution in [2.75, 3.05) is 11.1 Å². The number of anilines is 1. The van der Waals surface area contributed by atoms with E-state index in [1.807, 2.05) is 24.3 Å². The monoisotopic (exact) mass is 307 g/mol. The van der Waals surface area contributed by atoms with Crippen molar-refractivity contribution >= 4 is 29.3 Å². The molecule has 4 nitrogen and oxygen atoms in total. The van der Waals surface area contributed by atoms with E-state index in [1.54, 1.807) is 0 Å². The summed E-state index contributed by atoms with van der Waals surface area (Å²) < 4.78 is 0. The molecule has 0 spiro atoms. The smallest absolute Gasteiger partial charge is 0.313 e. The summed E-state index contributed by atoms with van der Waals surface area (Å²) >= 11 is 1.36.